The summed E-state index contributed by atoms with van der Waals surface area (Å²) in [4.78, 5) is 24.4. The Morgan fingerprint density at radius 2 is 1.86 bits per heavy atom. The molecule has 116 valence electrons. The normalized spacial score (nSPS) is 10.7. The van der Waals surface area contributed by atoms with Crippen LogP contribution in [0.1, 0.15) is 50.4 Å². The highest BCUT2D eigenvalue weighted by Crippen LogP contribution is 2.19. The highest BCUT2D eigenvalue weighted by molar-refractivity contribution is 8.00. The second kappa shape index (κ2) is 9.61. The first kappa shape index (κ1) is 17.8. The van der Waals surface area contributed by atoms with Crippen molar-refractivity contribution in [3.05, 3.63) is 29.8 Å². The Hall–Kier alpha value is -1.29. The van der Waals surface area contributed by atoms with Gasteiger partial charge in [0.1, 0.15) is 0 Å². The van der Waals surface area contributed by atoms with Crippen LogP contribution in [0.4, 0.5) is 0 Å². The predicted molar refractivity (Wildman–Crippen MR) is 86.8 cm³/mol. The summed E-state index contributed by atoms with van der Waals surface area (Å²) in [5, 5.41) is 0. The number of carbonyl (C=O) groups is 2. The zero-order chi connectivity index (χ0) is 15.7. The molecule has 0 aliphatic carbocycles. The molecule has 0 aliphatic heterocycles. The van der Waals surface area contributed by atoms with Crippen LogP contribution in [-0.4, -0.2) is 24.1 Å². The van der Waals surface area contributed by atoms with Crippen LogP contribution in [0.2, 0.25) is 0 Å². The second-order valence-electron chi connectivity index (χ2n) is 5.41. The van der Waals surface area contributed by atoms with Gasteiger partial charge >= 0.3 is 5.97 Å². The average molecular weight is 308 g/mol. The van der Waals surface area contributed by atoms with E-state index in [1.165, 1.54) is 11.8 Å². The number of unbranched alkanes of at least 4 members (excludes halogenated alkanes) is 1. The Morgan fingerprint density at radius 1 is 1.19 bits per heavy atom. The van der Waals surface area contributed by atoms with E-state index in [9.17, 15) is 9.59 Å². The van der Waals surface area contributed by atoms with Crippen molar-refractivity contribution in [2.24, 2.45) is 5.92 Å². The number of thioether (sulfide) groups is 1. The minimum absolute atomic E-state index is 0.167. The molecule has 0 amide bonds. The summed E-state index contributed by atoms with van der Waals surface area (Å²) in [6, 6.07) is 7.43. The smallest absolute Gasteiger partial charge is 0.316 e. The third kappa shape index (κ3) is 7.32. The number of ketones is 1. The lowest BCUT2D eigenvalue weighted by Crippen LogP contribution is -2.08. The standard InChI is InChI=1S/C17H24O3S/c1-4-5-10-20-17(19)12-21-15-8-6-14(7-9-15)16(18)11-13(2)3/h6-9,13H,4-5,10-12H2,1-3H3. The fraction of sp³-hybridized carbons (Fsp3) is 0.529. The quantitative estimate of drug-likeness (QED) is 0.294. The SMILES string of the molecule is CCCCOC(=O)CSc1ccc(C(=O)CC(C)C)cc1. The van der Waals surface area contributed by atoms with E-state index >= 15 is 0 Å². The number of esters is 1. The maximum Gasteiger partial charge on any atom is 0.316 e. The van der Waals surface area contributed by atoms with Gasteiger partial charge in [-0.3, -0.25) is 9.59 Å². The Bertz CT molecular complexity index is 452. The zero-order valence-electron chi connectivity index (χ0n) is 13.1. The summed E-state index contributed by atoms with van der Waals surface area (Å²) in [6.45, 7) is 6.63. The number of benzene rings is 1. The van der Waals surface area contributed by atoms with E-state index in [2.05, 4.69) is 6.92 Å². The van der Waals surface area contributed by atoms with Crippen molar-refractivity contribution in [2.75, 3.05) is 12.4 Å². The second-order valence-corrected chi connectivity index (χ2v) is 6.46. The van der Waals surface area contributed by atoms with Crippen molar-refractivity contribution in [2.45, 2.75) is 44.9 Å². The van der Waals surface area contributed by atoms with E-state index in [1.54, 1.807) is 0 Å². The van der Waals surface area contributed by atoms with Gasteiger partial charge in [0.2, 0.25) is 0 Å². The molecule has 0 heterocycles. The van der Waals surface area contributed by atoms with E-state index < -0.39 is 0 Å². The number of carbonyl (C=O) groups excluding carboxylic acids is 2. The van der Waals surface area contributed by atoms with Gasteiger partial charge in [-0.1, -0.05) is 39.3 Å². The Balaban J connectivity index is 2.40. The molecule has 0 atom stereocenters. The summed E-state index contributed by atoms with van der Waals surface area (Å²) in [5.74, 6) is 0.654. The summed E-state index contributed by atoms with van der Waals surface area (Å²) in [6.07, 6.45) is 2.49. The van der Waals surface area contributed by atoms with Crippen molar-refractivity contribution < 1.29 is 14.3 Å². The molecule has 0 saturated heterocycles. The van der Waals surface area contributed by atoms with Gasteiger partial charge in [-0.2, -0.15) is 0 Å². The minimum atomic E-state index is -0.187. The molecule has 1 aromatic carbocycles. The lowest BCUT2D eigenvalue weighted by molar-refractivity contribution is -0.140. The first-order chi connectivity index (χ1) is 10.0. The van der Waals surface area contributed by atoms with Crippen LogP contribution < -0.4 is 0 Å². The van der Waals surface area contributed by atoms with Gasteiger partial charge in [-0.15, -0.1) is 11.8 Å². The summed E-state index contributed by atoms with van der Waals surface area (Å²) in [5.41, 5.74) is 0.735. The molecule has 0 radical (unpaired) electrons. The van der Waals surface area contributed by atoms with Gasteiger partial charge in [-0.25, -0.2) is 0 Å². The Morgan fingerprint density at radius 3 is 2.43 bits per heavy atom. The molecule has 0 unspecified atom stereocenters. The van der Waals surface area contributed by atoms with E-state index in [0.29, 0.717) is 24.7 Å². The molecule has 0 saturated carbocycles. The summed E-state index contributed by atoms with van der Waals surface area (Å²) in [7, 11) is 0. The topological polar surface area (TPSA) is 43.4 Å². The van der Waals surface area contributed by atoms with Crippen molar-refractivity contribution in [1.82, 2.24) is 0 Å². The predicted octanol–water partition coefficient (Wildman–Crippen LogP) is 4.35. The number of ether oxygens (including phenoxy) is 1. The molecule has 1 rings (SSSR count). The van der Waals surface area contributed by atoms with Crippen LogP contribution in [0.5, 0.6) is 0 Å². The summed E-state index contributed by atoms with van der Waals surface area (Å²) < 4.78 is 5.10. The molecule has 0 aliphatic rings. The third-order valence-corrected chi connectivity index (χ3v) is 3.87. The molecule has 0 fully saturated rings. The van der Waals surface area contributed by atoms with Crippen LogP contribution in [0.25, 0.3) is 0 Å². The average Bonchev–Trinajstić information content (AvgIpc) is 2.45. The van der Waals surface area contributed by atoms with Crippen LogP contribution in [-0.2, 0) is 9.53 Å². The molecule has 0 aromatic heterocycles. The van der Waals surface area contributed by atoms with E-state index in [1.807, 2.05) is 38.1 Å². The van der Waals surface area contributed by atoms with Gasteiger partial charge in [0.05, 0.1) is 12.4 Å². The molecule has 21 heavy (non-hydrogen) atoms. The van der Waals surface area contributed by atoms with Crippen LogP contribution in [0.3, 0.4) is 0 Å². The van der Waals surface area contributed by atoms with Gasteiger partial charge in [0, 0.05) is 16.9 Å². The number of Topliss-reactive ketones (excluding diaryl/α,β-unsaturated/α-hetero) is 1. The monoisotopic (exact) mass is 308 g/mol. The molecular weight excluding hydrogens is 284 g/mol. The Labute approximate surface area is 131 Å². The maximum absolute atomic E-state index is 11.9. The lowest BCUT2D eigenvalue weighted by atomic mass is 10.0. The minimum Gasteiger partial charge on any atom is -0.465 e. The number of hydrogen-bond donors (Lipinski definition) is 0. The molecule has 4 heteroatoms. The van der Waals surface area contributed by atoms with Gasteiger partial charge in [0.25, 0.3) is 0 Å². The van der Waals surface area contributed by atoms with Crippen LogP contribution in [0.15, 0.2) is 29.2 Å². The van der Waals surface area contributed by atoms with E-state index in [0.717, 1.165) is 23.3 Å². The molecular formula is C17H24O3S. The fourth-order valence-electron chi connectivity index (χ4n) is 1.74. The van der Waals surface area contributed by atoms with Crippen molar-refractivity contribution in [3.8, 4) is 0 Å². The van der Waals surface area contributed by atoms with Crippen LogP contribution >= 0.6 is 11.8 Å². The van der Waals surface area contributed by atoms with Crippen LogP contribution in [0, 0.1) is 5.92 Å². The molecule has 0 spiro atoms. The first-order valence-electron chi connectivity index (χ1n) is 7.44. The molecule has 3 nitrogen and oxygen atoms in total. The van der Waals surface area contributed by atoms with Gasteiger partial charge in [0.15, 0.2) is 5.78 Å². The first-order valence-corrected chi connectivity index (χ1v) is 8.43. The largest absolute Gasteiger partial charge is 0.465 e. The highest BCUT2D eigenvalue weighted by Gasteiger charge is 2.09. The van der Waals surface area contributed by atoms with E-state index in [4.69, 9.17) is 4.74 Å². The Kier molecular flexibility index (Phi) is 8.13. The fourth-order valence-corrected chi connectivity index (χ4v) is 2.44. The van der Waals surface area contributed by atoms with Crippen molar-refractivity contribution in [3.63, 3.8) is 0 Å². The molecule has 1 aromatic rings. The van der Waals surface area contributed by atoms with Crippen molar-refractivity contribution >= 4 is 23.5 Å². The van der Waals surface area contributed by atoms with Gasteiger partial charge < -0.3 is 4.74 Å². The number of rotatable bonds is 9. The van der Waals surface area contributed by atoms with Crippen molar-refractivity contribution in [1.29, 1.82) is 0 Å². The van der Waals surface area contributed by atoms with Gasteiger partial charge in [-0.05, 0) is 24.5 Å². The number of hydrogen-bond acceptors (Lipinski definition) is 4. The summed E-state index contributed by atoms with van der Waals surface area (Å²) >= 11 is 1.44. The highest BCUT2D eigenvalue weighted by atomic mass is 32.2. The maximum atomic E-state index is 11.9. The molecule has 0 bridgehead atoms. The third-order valence-electron chi connectivity index (χ3n) is 2.89. The zero-order valence-corrected chi connectivity index (χ0v) is 13.9. The van der Waals surface area contributed by atoms with E-state index in [-0.39, 0.29) is 11.8 Å². The lowest BCUT2D eigenvalue weighted by Gasteiger charge is -2.06. The molecule has 0 N–H and O–H groups in total.